The summed E-state index contributed by atoms with van der Waals surface area (Å²) in [6, 6.07) is 1.93. The van der Waals surface area contributed by atoms with Crippen molar-refractivity contribution in [2.75, 3.05) is 5.32 Å². The third-order valence-corrected chi connectivity index (χ3v) is 3.65. The fourth-order valence-electron chi connectivity index (χ4n) is 2.63. The maximum atomic E-state index is 4.43. The number of aromatic nitrogens is 4. The van der Waals surface area contributed by atoms with Crippen LogP contribution in [0.15, 0.2) is 18.6 Å². The molecule has 2 heterocycles. The molecule has 5 nitrogen and oxygen atoms in total. The van der Waals surface area contributed by atoms with Gasteiger partial charge in [-0.15, -0.1) is 0 Å². The highest BCUT2D eigenvalue weighted by atomic mass is 15.0. The number of aryl methyl sites for hydroxylation is 2. The van der Waals surface area contributed by atoms with Crippen LogP contribution in [0.2, 0.25) is 0 Å². The fourth-order valence-corrected chi connectivity index (χ4v) is 2.63. The molecule has 2 aromatic rings. The topological polar surface area (TPSA) is 63.6 Å². The smallest absolute Gasteiger partial charge is 0.133 e. The molecule has 0 atom stereocenters. The van der Waals surface area contributed by atoms with Gasteiger partial charge in [0.15, 0.2) is 0 Å². The van der Waals surface area contributed by atoms with Crippen molar-refractivity contribution in [3.05, 3.63) is 41.4 Å². The number of anilines is 1. The Morgan fingerprint density at radius 1 is 1.10 bits per heavy atom. The lowest BCUT2D eigenvalue weighted by Crippen LogP contribution is -2.09. The minimum absolute atomic E-state index is 0.673. The van der Waals surface area contributed by atoms with Crippen LogP contribution < -0.4 is 5.32 Å². The predicted molar refractivity (Wildman–Crippen MR) is 77.4 cm³/mol. The summed E-state index contributed by atoms with van der Waals surface area (Å²) in [6.07, 6.45) is 9.33. The highest BCUT2D eigenvalue weighted by molar-refractivity contribution is 5.46. The molecule has 1 aliphatic rings. The van der Waals surface area contributed by atoms with Crippen LogP contribution >= 0.6 is 0 Å². The van der Waals surface area contributed by atoms with Crippen molar-refractivity contribution in [2.24, 2.45) is 0 Å². The summed E-state index contributed by atoms with van der Waals surface area (Å²) in [6.45, 7) is 2.58. The zero-order valence-electron chi connectivity index (χ0n) is 11.8. The Morgan fingerprint density at radius 3 is 2.90 bits per heavy atom. The van der Waals surface area contributed by atoms with Gasteiger partial charge in [0.2, 0.25) is 0 Å². The van der Waals surface area contributed by atoms with Gasteiger partial charge in [0.25, 0.3) is 0 Å². The van der Waals surface area contributed by atoms with Gasteiger partial charge in [-0.05, 0) is 38.7 Å². The molecule has 0 saturated carbocycles. The number of hydrogen-bond donors (Lipinski definition) is 1. The van der Waals surface area contributed by atoms with Crippen LogP contribution in [-0.2, 0) is 19.4 Å². The van der Waals surface area contributed by atoms with Crippen molar-refractivity contribution >= 4 is 5.82 Å². The molecule has 0 unspecified atom stereocenters. The van der Waals surface area contributed by atoms with Gasteiger partial charge in [-0.1, -0.05) is 6.42 Å². The van der Waals surface area contributed by atoms with E-state index >= 15 is 0 Å². The molecule has 1 aliphatic carbocycles. The second kappa shape index (κ2) is 5.94. The van der Waals surface area contributed by atoms with Gasteiger partial charge in [0.05, 0.1) is 12.2 Å². The Kier molecular flexibility index (Phi) is 3.85. The average Bonchev–Trinajstić information content (AvgIpc) is 2.71. The minimum Gasteiger partial charge on any atom is -0.364 e. The normalized spacial score (nSPS) is 14.4. The van der Waals surface area contributed by atoms with E-state index in [1.165, 1.54) is 30.5 Å². The monoisotopic (exact) mass is 269 g/mol. The van der Waals surface area contributed by atoms with Crippen molar-refractivity contribution in [1.29, 1.82) is 0 Å². The summed E-state index contributed by atoms with van der Waals surface area (Å²) >= 11 is 0. The van der Waals surface area contributed by atoms with E-state index in [1.54, 1.807) is 12.5 Å². The lowest BCUT2D eigenvalue weighted by atomic mass is 10.1. The average molecular weight is 269 g/mol. The molecule has 0 aromatic carbocycles. The van der Waals surface area contributed by atoms with Crippen molar-refractivity contribution in [3.63, 3.8) is 0 Å². The van der Waals surface area contributed by atoms with Gasteiger partial charge in [0.1, 0.15) is 18.0 Å². The molecule has 1 N–H and O–H groups in total. The first-order valence-electron chi connectivity index (χ1n) is 7.18. The molecule has 0 radical (unpaired) electrons. The first kappa shape index (κ1) is 13.0. The van der Waals surface area contributed by atoms with Gasteiger partial charge < -0.3 is 5.32 Å². The molecular weight excluding hydrogens is 250 g/mol. The van der Waals surface area contributed by atoms with Gasteiger partial charge in [-0.3, -0.25) is 0 Å². The number of nitrogens with zero attached hydrogens (tertiary/aromatic N) is 4. The van der Waals surface area contributed by atoms with Gasteiger partial charge >= 0.3 is 0 Å². The van der Waals surface area contributed by atoms with E-state index in [2.05, 4.69) is 25.3 Å². The largest absolute Gasteiger partial charge is 0.364 e. The molecule has 0 amide bonds. The molecule has 0 aliphatic heterocycles. The van der Waals surface area contributed by atoms with E-state index < -0.39 is 0 Å². The van der Waals surface area contributed by atoms with Crippen molar-refractivity contribution in [3.8, 4) is 0 Å². The third-order valence-electron chi connectivity index (χ3n) is 3.65. The van der Waals surface area contributed by atoms with E-state index in [0.29, 0.717) is 6.54 Å². The van der Waals surface area contributed by atoms with Crippen molar-refractivity contribution in [1.82, 2.24) is 19.9 Å². The van der Waals surface area contributed by atoms with Gasteiger partial charge in [0, 0.05) is 17.5 Å². The quantitative estimate of drug-likeness (QED) is 0.867. The highest BCUT2D eigenvalue weighted by Gasteiger charge is 2.14. The maximum absolute atomic E-state index is 4.43. The number of fused-ring (bicyclic) bond motifs is 1. The summed E-state index contributed by atoms with van der Waals surface area (Å²) < 4.78 is 0. The van der Waals surface area contributed by atoms with Crippen LogP contribution in [0, 0.1) is 6.92 Å². The van der Waals surface area contributed by atoms with E-state index in [9.17, 15) is 0 Å². The van der Waals surface area contributed by atoms with Gasteiger partial charge in [-0.2, -0.15) is 0 Å². The first-order chi connectivity index (χ1) is 9.83. The molecule has 5 heteroatoms. The van der Waals surface area contributed by atoms with Crippen molar-refractivity contribution in [2.45, 2.75) is 45.6 Å². The zero-order chi connectivity index (χ0) is 13.8. The lowest BCUT2D eigenvalue weighted by Gasteiger charge is -2.12. The summed E-state index contributed by atoms with van der Waals surface area (Å²) in [5, 5.41) is 3.40. The van der Waals surface area contributed by atoms with E-state index in [4.69, 9.17) is 0 Å². The first-order valence-corrected chi connectivity index (χ1v) is 7.18. The summed E-state index contributed by atoms with van der Waals surface area (Å²) in [5.41, 5.74) is 3.48. The van der Waals surface area contributed by atoms with Crippen LogP contribution in [0.5, 0.6) is 0 Å². The molecule has 0 spiro atoms. The Morgan fingerprint density at radius 2 is 2.00 bits per heavy atom. The minimum atomic E-state index is 0.673. The van der Waals surface area contributed by atoms with Gasteiger partial charge in [-0.25, -0.2) is 19.9 Å². The van der Waals surface area contributed by atoms with Crippen LogP contribution in [0.1, 0.15) is 42.0 Å². The van der Waals surface area contributed by atoms with E-state index in [1.807, 2.05) is 13.0 Å². The van der Waals surface area contributed by atoms with E-state index in [-0.39, 0.29) is 0 Å². The van der Waals surface area contributed by atoms with Crippen LogP contribution in [0.4, 0.5) is 5.82 Å². The second-order valence-corrected chi connectivity index (χ2v) is 5.16. The number of hydrogen-bond acceptors (Lipinski definition) is 5. The van der Waals surface area contributed by atoms with Crippen LogP contribution in [0.25, 0.3) is 0 Å². The van der Waals surface area contributed by atoms with Crippen LogP contribution in [0.3, 0.4) is 0 Å². The van der Waals surface area contributed by atoms with Crippen LogP contribution in [-0.4, -0.2) is 19.9 Å². The Hall–Kier alpha value is -2.04. The van der Waals surface area contributed by atoms with E-state index in [0.717, 1.165) is 30.2 Å². The zero-order valence-corrected chi connectivity index (χ0v) is 11.8. The molecule has 104 valence electrons. The maximum Gasteiger partial charge on any atom is 0.133 e. The molecule has 3 rings (SSSR count). The van der Waals surface area contributed by atoms with Crippen molar-refractivity contribution < 1.29 is 0 Å². The molecule has 20 heavy (non-hydrogen) atoms. The number of nitrogens with one attached hydrogen (secondary N) is 1. The Labute approximate surface area is 118 Å². The summed E-state index contributed by atoms with van der Waals surface area (Å²) in [4.78, 5) is 17.4. The fraction of sp³-hybridized carbons (Fsp3) is 0.467. The molecule has 0 bridgehead atoms. The lowest BCUT2D eigenvalue weighted by molar-refractivity contribution is 0.708. The summed E-state index contributed by atoms with van der Waals surface area (Å²) in [5.74, 6) is 1.76. The molecule has 0 saturated heterocycles. The Bertz CT molecular complexity index is 597. The summed E-state index contributed by atoms with van der Waals surface area (Å²) in [7, 11) is 0. The standard InChI is InChI=1S/C15H19N5/c1-11-16-8-7-12(20-11)9-17-15-13-5-3-2-4-6-14(13)18-10-19-15/h7-8,10H,2-6,9H2,1H3,(H,17,18,19). The number of rotatable bonds is 3. The molecular formula is C15H19N5. The highest BCUT2D eigenvalue weighted by Crippen LogP contribution is 2.23. The second-order valence-electron chi connectivity index (χ2n) is 5.16. The molecule has 2 aromatic heterocycles. The molecule has 0 fully saturated rings. The predicted octanol–water partition coefficient (Wildman–Crippen LogP) is 2.46. The SMILES string of the molecule is Cc1nccc(CNc2ncnc3c2CCCCC3)n1. The third kappa shape index (κ3) is 2.92. The Balaban J connectivity index is 1.77.